The molecule has 100 valence electrons. The smallest absolute Gasteiger partial charge is 0.324 e. The lowest BCUT2D eigenvalue weighted by atomic mass is 9.84. The van der Waals surface area contributed by atoms with E-state index in [2.05, 4.69) is 24.1 Å². The minimum absolute atomic E-state index is 0.157. The highest BCUT2D eigenvalue weighted by atomic mass is 16.5. The van der Waals surface area contributed by atoms with Crippen molar-refractivity contribution in [2.45, 2.75) is 39.7 Å². The third kappa shape index (κ3) is 4.64. The van der Waals surface area contributed by atoms with Crippen molar-refractivity contribution < 1.29 is 9.53 Å². The molecule has 0 aliphatic carbocycles. The Bertz CT molecular complexity index is 254. The number of piperidine rings is 1. The van der Waals surface area contributed by atoms with Crippen LogP contribution in [0.4, 0.5) is 0 Å². The third-order valence-electron chi connectivity index (χ3n) is 3.36. The highest BCUT2D eigenvalue weighted by Crippen LogP contribution is 2.28. The molecule has 4 nitrogen and oxygen atoms in total. The van der Waals surface area contributed by atoms with Crippen LogP contribution in [-0.2, 0) is 9.53 Å². The average Bonchev–Trinajstić information content (AvgIpc) is 2.26. The number of rotatable bonds is 5. The van der Waals surface area contributed by atoms with E-state index >= 15 is 0 Å². The number of carbonyl (C=O) groups is 1. The van der Waals surface area contributed by atoms with Gasteiger partial charge in [-0.05, 0) is 31.3 Å². The maximum atomic E-state index is 11.6. The summed E-state index contributed by atoms with van der Waals surface area (Å²) in [5, 5.41) is 3.19. The number of hydrogen-bond acceptors (Lipinski definition) is 4. The molecule has 0 saturated carbocycles. The second-order valence-electron chi connectivity index (χ2n) is 5.64. The zero-order valence-electron chi connectivity index (χ0n) is 11.6. The molecule has 1 unspecified atom stereocenters. The quantitative estimate of drug-likeness (QED) is 0.737. The highest BCUT2D eigenvalue weighted by Gasteiger charge is 2.29. The summed E-state index contributed by atoms with van der Waals surface area (Å²) in [6.45, 7) is 10.3. The van der Waals surface area contributed by atoms with Crippen LogP contribution in [-0.4, -0.2) is 50.2 Å². The van der Waals surface area contributed by atoms with Gasteiger partial charge < -0.3 is 15.0 Å². The molecule has 1 rings (SSSR count). The number of likely N-dealkylation sites (N-methyl/N-ethyl adjacent to an activating group) is 1. The fourth-order valence-corrected chi connectivity index (χ4v) is 2.57. The zero-order valence-corrected chi connectivity index (χ0v) is 11.6. The van der Waals surface area contributed by atoms with Crippen LogP contribution < -0.4 is 5.32 Å². The predicted molar refractivity (Wildman–Crippen MR) is 68.9 cm³/mol. The number of hydrogen-bond donors (Lipinski definition) is 1. The lowest BCUT2D eigenvalue weighted by molar-refractivity contribution is -0.143. The van der Waals surface area contributed by atoms with Crippen molar-refractivity contribution >= 4 is 5.97 Å². The monoisotopic (exact) mass is 242 g/mol. The molecule has 0 bridgehead atoms. The zero-order chi connectivity index (χ0) is 12.9. The summed E-state index contributed by atoms with van der Waals surface area (Å²) in [5.74, 6) is -0.157. The van der Waals surface area contributed by atoms with Crippen LogP contribution in [0.15, 0.2) is 0 Å². The van der Waals surface area contributed by atoms with Crippen LogP contribution >= 0.6 is 0 Å². The Hall–Kier alpha value is -0.610. The van der Waals surface area contributed by atoms with Gasteiger partial charge in [0.1, 0.15) is 6.04 Å². The molecule has 0 spiro atoms. The van der Waals surface area contributed by atoms with Gasteiger partial charge in [-0.3, -0.25) is 4.79 Å². The molecule has 0 amide bonds. The van der Waals surface area contributed by atoms with E-state index in [0.29, 0.717) is 5.41 Å². The minimum atomic E-state index is -0.195. The number of nitrogens with zero attached hydrogens (tertiary/aromatic N) is 1. The van der Waals surface area contributed by atoms with Gasteiger partial charge in [0.05, 0.1) is 7.11 Å². The summed E-state index contributed by atoms with van der Waals surface area (Å²) in [7, 11) is 1.45. The van der Waals surface area contributed by atoms with Crippen molar-refractivity contribution in [1.29, 1.82) is 0 Å². The van der Waals surface area contributed by atoms with Gasteiger partial charge in [0, 0.05) is 13.1 Å². The second-order valence-corrected chi connectivity index (χ2v) is 5.64. The van der Waals surface area contributed by atoms with Crippen molar-refractivity contribution in [3.8, 4) is 0 Å². The first kappa shape index (κ1) is 14.5. The number of methoxy groups -OCH3 is 1. The molecule has 4 heteroatoms. The predicted octanol–water partition coefficient (Wildman–Crippen LogP) is 1.26. The van der Waals surface area contributed by atoms with Crippen LogP contribution in [0.3, 0.4) is 0 Å². The van der Waals surface area contributed by atoms with Crippen molar-refractivity contribution in [2.24, 2.45) is 5.41 Å². The van der Waals surface area contributed by atoms with E-state index in [4.69, 9.17) is 4.74 Å². The molecule has 0 radical (unpaired) electrons. The summed E-state index contributed by atoms with van der Waals surface area (Å²) in [5.41, 5.74) is 0.366. The molecular weight excluding hydrogens is 216 g/mol. The number of ether oxygens (including phenoxy) is 1. The lowest BCUT2D eigenvalue weighted by Crippen LogP contribution is -2.50. The van der Waals surface area contributed by atoms with E-state index in [1.807, 2.05) is 6.92 Å². The first-order valence-electron chi connectivity index (χ1n) is 6.52. The molecular formula is C13H26N2O2. The first-order chi connectivity index (χ1) is 7.98. The van der Waals surface area contributed by atoms with Crippen LogP contribution in [0.1, 0.15) is 33.6 Å². The van der Waals surface area contributed by atoms with Gasteiger partial charge in [-0.25, -0.2) is 0 Å². The van der Waals surface area contributed by atoms with Gasteiger partial charge in [-0.2, -0.15) is 0 Å². The van der Waals surface area contributed by atoms with Gasteiger partial charge in [-0.15, -0.1) is 0 Å². The second kappa shape index (κ2) is 6.36. The summed E-state index contributed by atoms with van der Waals surface area (Å²) < 4.78 is 4.83. The van der Waals surface area contributed by atoms with Crippen LogP contribution in [0.2, 0.25) is 0 Å². The van der Waals surface area contributed by atoms with Gasteiger partial charge in [0.25, 0.3) is 0 Å². The molecule has 0 aromatic heterocycles. The van der Waals surface area contributed by atoms with Crippen molar-refractivity contribution in [3.05, 3.63) is 0 Å². The van der Waals surface area contributed by atoms with E-state index in [9.17, 15) is 4.79 Å². The Kier molecular flexibility index (Phi) is 5.40. The summed E-state index contributed by atoms with van der Waals surface area (Å²) in [4.78, 5) is 14.0. The van der Waals surface area contributed by atoms with Crippen LogP contribution in [0.25, 0.3) is 0 Å². The topological polar surface area (TPSA) is 41.6 Å². The van der Waals surface area contributed by atoms with Gasteiger partial charge in [-0.1, -0.05) is 20.8 Å². The van der Waals surface area contributed by atoms with Gasteiger partial charge in [0.2, 0.25) is 0 Å². The summed E-state index contributed by atoms with van der Waals surface area (Å²) in [6.07, 6.45) is 2.49. The molecule has 1 atom stereocenters. The standard InChI is InChI=1S/C13H26N2O2/c1-5-14-11(12(16)17-4)9-15-8-6-7-13(2,3)10-15/h11,14H,5-10H2,1-4H3. The Balaban J connectivity index is 2.51. The van der Waals surface area contributed by atoms with E-state index in [-0.39, 0.29) is 12.0 Å². The molecule has 1 aliphatic heterocycles. The van der Waals surface area contributed by atoms with E-state index in [1.54, 1.807) is 0 Å². The number of nitrogens with one attached hydrogen (secondary N) is 1. The maximum absolute atomic E-state index is 11.6. The molecule has 1 aliphatic rings. The minimum Gasteiger partial charge on any atom is -0.468 e. The summed E-state index contributed by atoms with van der Waals surface area (Å²) >= 11 is 0. The molecule has 0 aromatic rings. The largest absolute Gasteiger partial charge is 0.468 e. The normalized spacial score (nSPS) is 22.1. The van der Waals surface area contributed by atoms with Crippen LogP contribution in [0, 0.1) is 5.41 Å². The lowest BCUT2D eigenvalue weighted by Gasteiger charge is -2.39. The van der Waals surface area contributed by atoms with E-state index in [1.165, 1.54) is 20.0 Å². The van der Waals surface area contributed by atoms with Crippen molar-refractivity contribution in [2.75, 3.05) is 33.3 Å². The summed E-state index contributed by atoms with van der Waals surface area (Å²) in [6, 6.07) is -0.195. The fourth-order valence-electron chi connectivity index (χ4n) is 2.57. The molecule has 1 N–H and O–H groups in total. The number of carbonyl (C=O) groups excluding carboxylic acids is 1. The average molecular weight is 242 g/mol. The first-order valence-corrected chi connectivity index (χ1v) is 6.52. The van der Waals surface area contributed by atoms with Gasteiger partial charge >= 0.3 is 5.97 Å². The van der Waals surface area contributed by atoms with Gasteiger partial charge in [0.15, 0.2) is 0 Å². The molecule has 17 heavy (non-hydrogen) atoms. The molecule has 1 fully saturated rings. The van der Waals surface area contributed by atoms with Crippen molar-refractivity contribution in [1.82, 2.24) is 10.2 Å². The number of likely N-dealkylation sites (tertiary alicyclic amines) is 1. The Morgan fingerprint density at radius 1 is 1.53 bits per heavy atom. The fraction of sp³-hybridized carbons (Fsp3) is 0.923. The van der Waals surface area contributed by atoms with Crippen LogP contribution in [0.5, 0.6) is 0 Å². The van der Waals surface area contributed by atoms with E-state index in [0.717, 1.165) is 26.2 Å². The highest BCUT2D eigenvalue weighted by molar-refractivity contribution is 5.75. The third-order valence-corrected chi connectivity index (χ3v) is 3.36. The Morgan fingerprint density at radius 3 is 2.76 bits per heavy atom. The Labute approximate surface area is 105 Å². The Morgan fingerprint density at radius 2 is 2.24 bits per heavy atom. The molecule has 1 saturated heterocycles. The maximum Gasteiger partial charge on any atom is 0.324 e. The SMILES string of the molecule is CCNC(CN1CCCC(C)(C)C1)C(=O)OC. The molecule has 0 aromatic carbocycles. The van der Waals surface area contributed by atoms with Crippen molar-refractivity contribution in [3.63, 3.8) is 0 Å². The van der Waals surface area contributed by atoms with E-state index < -0.39 is 0 Å². The number of esters is 1. The molecule has 1 heterocycles.